The average molecular weight is 243 g/mol. The Hall–Kier alpha value is -0.160. The number of aliphatic hydroxyl groups excluding tert-OH is 1. The Morgan fingerprint density at radius 1 is 1.18 bits per heavy atom. The summed E-state index contributed by atoms with van der Waals surface area (Å²) in [6, 6.07) is 0. The number of ether oxygens (including phenoxy) is 2. The number of nitrogens with one attached hydrogen (secondary N) is 1. The van der Waals surface area contributed by atoms with E-state index in [9.17, 15) is 5.11 Å². The van der Waals surface area contributed by atoms with E-state index in [1.165, 1.54) is 19.3 Å². The number of rotatable bonds is 5. The van der Waals surface area contributed by atoms with Crippen molar-refractivity contribution in [3.8, 4) is 0 Å². The predicted octanol–water partition coefficient (Wildman–Crippen LogP) is 0.934. The molecule has 2 aliphatic rings. The van der Waals surface area contributed by atoms with Gasteiger partial charge in [-0.3, -0.25) is 0 Å². The smallest absolute Gasteiger partial charge is 0.0933 e. The van der Waals surface area contributed by atoms with Crippen LogP contribution in [-0.4, -0.2) is 50.7 Å². The average Bonchev–Trinajstić information content (AvgIpc) is 2.41. The van der Waals surface area contributed by atoms with E-state index in [4.69, 9.17) is 9.47 Å². The van der Waals surface area contributed by atoms with Gasteiger partial charge in [0, 0.05) is 25.1 Å². The summed E-state index contributed by atoms with van der Waals surface area (Å²) >= 11 is 0. The van der Waals surface area contributed by atoms with Gasteiger partial charge in [-0.25, -0.2) is 0 Å². The fourth-order valence-corrected chi connectivity index (χ4v) is 2.85. The van der Waals surface area contributed by atoms with Crippen LogP contribution in [0.5, 0.6) is 0 Å². The van der Waals surface area contributed by atoms with Gasteiger partial charge in [0.05, 0.1) is 25.9 Å². The molecular weight excluding hydrogens is 218 g/mol. The molecule has 1 atom stereocenters. The van der Waals surface area contributed by atoms with Gasteiger partial charge in [-0.05, 0) is 12.8 Å². The molecule has 1 aliphatic carbocycles. The first-order valence-electron chi connectivity index (χ1n) is 6.86. The second-order valence-electron chi connectivity index (χ2n) is 5.42. The van der Waals surface area contributed by atoms with E-state index >= 15 is 0 Å². The minimum atomic E-state index is 0.119. The SMILES string of the molecule is OCC1(CNCC2COCCO2)CCCCC1. The van der Waals surface area contributed by atoms with Crippen molar-refractivity contribution in [2.45, 2.75) is 38.2 Å². The molecule has 4 nitrogen and oxygen atoms in total. The van der Waals surface area contributed by atoms with Crippen molar-refractivity contribution in [3.63, 3.8) is 0 Å². The highest BCUT2D eigenvalue weighted by Crippen LogP contribution is 2.35. The van der Waals surface area contributed by atoms with Crippen molar-refractivity contribution < 1.29 is 14.6 Å². The minimum Gasteiger partial charge on any atom is -0.396 e. The number of hydrogen-bond donors (Lipinski definition) is 2. The van der Waals surface area contributed by atoms with Crippen LogP contribution in [0.25, 0.3) is 0 Å². The molecule has 17 heavy (non-hydrogen) atoms. The highest BCUT2D eigenvalue weighted by molar-refractivity contribution is 4.84. The molecule has 100 valence electrons. The molecule has 2 rings (SSSR count). The first-order valence-corrected chi connectivity index (χ1v) is 6.86. The van der Waals surface area contributed by atoms with Gasteiger partial charge in [0.2, 0.25) is 0 Å². The zero-order valence-electron chi connectivity index (χ0n) is 10.6. The number of aliphatic hydroxyl groups is 1. The van der Waals surface area contributed by atoms with E-state index in [-0.39, 0.29) is 11.5 Å². The molecule has 1 saturated heterocycles. The van der Waals surface area contributed by atoms with E-state index in [1.807, 2.05) is 0 Å². The Labute approximate surface area is 104 Å². The molecule has 2 fully saturated rings. The summed E-state index contributed by atoms with van der Waals surface area (Å²) in [4.78, 5) is 0. The van der Waals surface area contributed by atoms with Gasteiger partial charge in [-0.15, -0.1) is 0 Å². The Morgan fingerprint density at radius 2 is 2.00 bits per heavy atom. The third kappa shape index (κ3) is 3.91. The fraction of sp³-hybridized carbons (Fsp3) is 1.00. The first kappa shape index (κ1) is 13.3. The minimum absolute atomic E-state index is 0.119. The molecule has 0 aromatic carbocycles. The summed E-state index contributed by atoms with van der Waals surface area (Å²) in [7, 11) is 0. The molecule has 0 aromatic heterocycles. The molecule has 4 heteroatoms. The molecular formula is C13H25NO3. The summed E-state index contributed by atoms with van der Waals surface area (Å²) in [6.07, 6.45) is 6.32. The summed E-state index contributed by atoms with van der Waals surface area (Å²) in [5, 5.41) is 13.0. The lowest BCUT2D eigenvalue weighted by molar-refractivity contribution is -0.0873. The fourth-order valence-electron chi connectivity index (χ4n) is 2.85. The van der Waals surface area contributed by atoms with Gasteiger partial charge in [0.15, 0.2) is 0 Å². The van der Waals surface area contributed by atoms with E-state index in [0.29, 0.717) is 19.8 Å². The molecule has 0 aromatic rings. The molecule has 0 spiro atoms. The normalized spacial score (nSPS) is 29.1. The van der Waals surface area contributed by atoms with Gasteiger partial charge < -0.3 is 19.9 Å². The van der Waals surface area contributed by atoms with E-state index in [2.05, 4.69) is 5.32 Å². The highest BCUT2D eigenvalue weighted by atomic mass is 16.6. The molecule has 0 radical (unpaired) electrons. The predicted molar refractivity (Wildman–Crippen MR) is 66.0 cm³/mol. The van der Waals surface area contributed by atoms with Crippen molar-refractivity contribution in [1.82, 2.24) is 5.32 Å². The molecule has 1 heterocycles. The molecule has 0 amide bonds. The summed E-state index contributed by atoms with van der Waals surface area (Å²) in [6.45, 7) is 4.17. The van der Waals surface area contributed by atoms with Crippen LogP contribution in [0.4, 0.5) is 0 Å². The van der Waals surface area contributed by atoms with E-state index in [0.717, 1.165) is 32.5 Å². The monoisotopic (exact) mass is 243 g/mol. The Morgan fingerprint density at radius 3 is 2.65 bits per heavy atom. The largest absolute Gasteiger partial charge is 0.396 e. The van der Waals surface area contributed by atoms with Gasteiger partial charge in [-0.1, -0.05) is 19.3 Å². The van der Waals surface area contributed by atoms with Crippen molar-refractivity contribution in [2.24, 2.45) is 5.41 Å². The zero-order valence-corrected chi connectivity index (χ0v) is 10.6. The third-order valence-electron chi connectivity index (χ3n) is 4.01. The van der Waals surface area contributed by atoms with Crippen LogP contribution in [0.2, 0.25) is 0 Å². The Bertz CT molecular complexity index is 211. The summed E-state index contributed by atoms with van der Waals surface area (Å²) in [5.41, 5.74) is 0.119. The Kier molecular flexibility index (Phi) is 5.22. The van der Waals surface area contributed by atoms with Crippen molar-refractivity contribution in [2.75, 3.05) is 39.5 Å². The summed E-state index contributed by atoms with van der Waals surface area (Å²) in [5.74, 6) is 0. The maximum absolute atomic E-state index is 9.58. The standard InChI is InChI=1S/C13H25NO3/c15-11-13(4-2-1-3-5-13)10-14-8-12-9-16-6-7-17-12/h12,14-15H,1-11H2. The maximum Gasteiger partial charge on any atom is 0.0933 e. The second kappa shape index (κ2) is 6.69. The third-order valence-corrected chi connectivity index (χ3v) is 4.01. The van der Waals surface area contributed by atoms with Crippen LogP contribution in [0.1, 0.15) is 32.1 Å². The van der Waals surface area contributed by atoms with Crippen LogP contribution in [0.15, 0.2) is 0 Å². The van der Waals surface area contributed by atoms with Crippen molar-refractivity contribution in [3.05, 3.63) is 0 Å². The van der Waals surface area contributed by atoms with E-state index < -0.39 is 0 Å². The van der Waals surface area contributed by atoms with Crippen LogP contribution in [0, 0.1) is 5.41 Å². The van der Waals surface area contributed by atoms with Gasteiger partial charge in [0.25, 0.3) is 0 Å². The van der Waals surface area contributed by atoms with Crippen LogP contribution < -0.4 is 5.32 Å². The Balaban J connectivity index is 1.68. The lowest BCUT2D eigenvalue weighted by Crippen LogP contribution is -2.44. The first-order chi connectivity index (χ1) is 8.35. The van der Waals surface area contributed by atoms with E-state index in [1.54, 1.807) is 0 Å². The van der Waals surface area contributed by atoms with Crippen LogP contribution in [0.3, 0.4) is 0 Å². The lowest BCUT2D eigenvalue weighted by atomic mass is 9.74. The lowest BCUT2D eigenvalue weighted by Gasteiger charge is -2.36. The van der Waals surface area contributed by atoms with Gasteiger partial charge in [0.1, 0.15) is 0 Å². The molecule has 0 bridgehead atoms. The van der Waals surface area contributed by atoms with Crippen molar-refractivity contribution in [1.29, 1.82) is 0 Å². The highest BCUT2D eigenvalue weighted by Gasteiger charge is 2.31. The quantitative estimate of drug-likeness (QED) is 0.754. The van der Waals surface area contributed by atoms with Gasteiger partial charge in [-0.2, -0.15) is 0 Å². The van der Waals surface area contributed by atoms with Crippen molar-refractivity contribution >= 4 is 0 Å². The van der Waals surface area contributed by atoms with Crippen LogP contribution in [-0.2, 0) is 9.47 Å². The van der Waals surface area contributed by atoms with Crippen LogP contribution >= 0.6 is 0 Å². The maximum atomic E-state index is 9.58. The molecule has 1 aliphatic heterocycles. The molecule has 1 unspecified atom stereocenters. The zero-order chi connectivity index (χ0) is 12.0. The second-order valence-corrected chi connectivity index (χ2v) is 5.42. The number of hydrogen-bond acceptors (Lipinski definition) is 4. The summed E-state index contributed by atoms with van der Waals surface area (Å²) < 4.78 is 10.9. The molecule has 1 saturated carbocycles. The topological polar surface area (TPSA) is 50.7 Å². The van der Waals surface area contributed by atoms with Gasteiger partial charge >= 0.3 is 0 Å². The molecule has 2 N–H and O–H groups in total.